The molecular weight excluding hydrogens is 354 g/mol. The van der Waals surface area contributed by atoms with Gasteiger partial charge in [-0.1, -0.05) is 12.1 Å². The van der Waals surface area contributed by atoms with Crippen molar-refractivity contribution < 1.29 is 9.21 Å². The topological polar surface area (TPSA) is 66.3 Å². The van der Waals surface area contributed by atoms with Crippen LogP contribution in [0, 0.1) is 0 Å². The van der Waals surface area contributed by atoms with Crippen LogP contribution in [0.3, 0.4) is 0 Å². The number of thioether (sulfide) groups is 1. The van der Waals surface area contributed by atoms with E-state index < -0.39 is 0 Å². The highest BCUT2D eigenvalue weighted by Gasteiger charge is 2.12. The van der Waals surface area contributed by atoms with Crippen molar-refractivity contribution >= 4 is 46.0 Å². The molecule has 0 bridgehead atoms. The van der Waals surface area contributed by atoms with Crippen LogP contribution in [0.15, 0.2) is 58.0 Å². The highest BCUT2D eigenvalue weighted by atomic mass is 32.2. The van der Waals surface area contributed by atoms with E-state index in [9.17, 15) is 4.79 Å². The van der Waals surface area contributed by atoms with Crippen LogP contribution in [0.2, 0.25) is 0 Å². The second-order valence-corrected chi connectivity index (χ2v) is 6.53. The molecule has 7 heteroatoms. The smallest absolute Gasteiger partial charge is 0.269 e. The van der Waals surface area contributed by atoms with Gasteiger partial charge in [0.2, 0.25) is 0 Å². The Morgan fingerprint density at radius 2 is 1.88 bits per heavy atom. The fraction of sp³-hybridized carbons (Fsp3) is 0.111. The summed E-state index contributed by atoms with van der Waals surface area (Å²) in [4.78, 5) is 13.5. The molecule has 2 aromatic carbocycles. The number of benzene rings is 2. The summed E-state index contributed by atoms with van der Waals surface area (Å²) in [6.45, 7) is 0. The molecule has 1 heterocycles. The molecule has 0 aliphatic rings. The molecular formula is C18H17N3O2S2. The Hall–Kier alpha value is -2.51. The molecule has 0 aliphatic carbocycles. The molecule has 0 saturated heterocycles. The van der Waals surface area contributed by atoms with E-state index in [2.05, 4.69) is 40.4 Å². The molecule has 0 saturated carbocycles. The van der Waals surface area contributed by atoms with Gasteiger partial charge in [-0.25, -0.2) is 0 Å². The van der Waals surface area contributed by atoms with Gasteiger partial charge >= 0.3 is 0 Å². The van der Waals surface area contributed by atoms with Gasteiger partial charge in [-0.15, -0.1) is 11.8 Å². The van der Waals surface area contributed by atoms with Crippen LogP contribution in [0.5, 0.6) is 0 Å². The lowest BCUT2D eigenvalue weighted by atomic mass is 10.0. The van der Waals surface area contributed by atoms with Crippen LogP contribution in [0.1, 0.15) is 10.4 Å². The number of fused-ring (bicyclic) bond motifs is 1. The summed E-state index contributed by atoms with van der Waals surface area (Å²) in [7, 11) is 1.67. The van der Waals surface area contributed by atoms with E-state index in [0.29, 0.717) is 10.7 Å². The fourth-order valence-electron chi connectivity index (χ4n) is 2.41. The summed E-state index contributed by atoms with van der Waals surface area (Å²) in [5.41, 5.74) is 8.43. The summed E-state index contributed by atoms with van der Waals surface area (Å²) >= 11 is 6.63. The van der Waals surface area contributed by atoms with Gasteiger partial charge in [-0.3, -0.25) is 15.6 Å². The zero-order valence-corrected chi connectivity index (χ0v) is 15.4. The van der Waals surface area contributed by atoms with Crippen molar-refractivity contribution in [3.05, 3.63) is 54.3 Å². The molecule has 1 aromatic heterocycles. The van der Waals surface area contributed by atoms with Crippen molar-refractivity contribution in [2.75, 3.05) is 13.3 Å². The van der Waals surface area contributed by atoms with E-state index in [4.69, 9.17) is 16.6 Å². The van der Waals surface area contributed by atoms with Gasteiger partial charge in [-0.2, -0.15) is 0 Å². The maximum Gasteiger partial charge on any atom is 0.269 e. The summed E-state index contributed by atoms with van der Waals surface area (Å²) in [6.07, 6.45) is 3.76. The molecule has 3 aromatic rings. The Balaban J connectivity index is 1.91. The number of hydrazine groups is 1. The largest absolute Gasteiger partial charge is 0.464 e. The Morgan fingerprint density at radius 3 is 2.56 bits per heavy atom. The Bertz CT molecular complexity index is 920. The Kier molecular flexibility index (Phi) is 5.25. The van der Waals surface area contributed by atoms with Crippen LogP contribution in [0.25, 0.3) is 22.1 Å². The number of hydrogen-bond acceptors (Lipinski definition) is 4. The second kappa shape index (κ2) is 7.58. The van der Waals surface area contributed by atoms with Crippen molar-refractivity contribution in [1.29, 1.82) is 0 Å². The Labute approximate surface area is 155 Å². The van der Waals surface area contributed by atoms with Gasteiger partial charge < -0.3 is 9.73 Å². The van der Waals surface area contributed by atoms with E-state index in [1.165, 1.54) is 4.90 Å². The molecule has 0 spiro atoms. The first-order valence-electron chi connectivity index (χ1n) is 7.56. The molecule has 0 atom stereocenters. The molecule has 0 aliphatic heterocycles. The van der Waals surface area contributed by atoms with Gasteiger partial charge in [-0.05, 0) is 54.4 Å². The summed E-state index contributed by atoms with van der Waals surface area (Å²) in [5, 5.41) is 3.96. The maximum absolute atomic E-state index is 12.3. The first-order valence-corrected chi connectivity index (χ1v) is 9.19. The van der Waals surface area contributed by atoms with Gasteiger partial charge in [0, 0.05) is 28.5 Å². The number of carbonyl (C=O) groups excluding carboxylic acids is 1. The van der Waals surface area contributed by atoms with E-state index in [1.807, 2.05) is 12.3 Å². The highest BCUT2D eigenvalue weighted by molar-refractivity contribution is 7.98. The molecule has 3 rings (SSSR count). The average molecular weight is 371 g/mol. The van der Waals surface area contributed by atoms with Crippen molar-refractivity contribution in [3.63, 3.8) is 0 Å². The van der Waals surface area contributed by atoms with E-state index in [0.717, 1.165) is 22.1 Å². The second-order valence-electron chi connectivity index (χ2n) is 5.25. The van der Waals surface area contributed by atoms with Crippen molar-refractivity contribution in [3.8, 4) is 11.1 Å². The normalized spacial score (nSPS) is 10.5. The standard InChI is InChI=1S/C18H17N3O2S2/c1-19-18(24)21-20-17(22)12-5-8-16-14(9-12)15(10-23-16)11-3-6-13(25-2)7-4-11/h3-10H,1-2H3,(H,20,22)(H2,19,21,24). The number of hydrogen-bond donors (Lipinski definition) is 3. The molecule has 0 unspecified atom stereocenters. The van der Waals surface area contributed by atoms with Crippen LogP contribution >= 0.6 is 24.0 Å². The van der Waals surface area contributed by atoms with Gasteiger partial charge in [0.05, 0.1) is 6.26 Å². The first kappa shape index (κ1) is 17.3. The lowest BCUT2D eigenvalue weighted by Gasteiger charge is -2.09. The SMILES string of the molecule is CNC(=S)NNC(=O)c1ccc2occ(-c3ccc(SC)cc3)c2c1. The van der Waals surface area contributed by atoms with E-state index in [-0.39, 0.29) is 5.91 Å². The number of thiocarbonyl (C=S) groups is 1. The summed E-state index contributed by atoms with van der Waals surface area (Å²) < 4.78 is 5.63. The first-order chi connectivity index (χ1) is 12.1. The highest BCUT2D eigenvalue weighted by Crippen LogP contribution is 2.32. The van der Waals surface area contributed by atoms with E-state index >= 15 is 0 Å². The lowest BCUT2D eigenvalue weighted by Crippen LogP contribution is -2.45. The third-order valence-corrected chi connectivity index (χ3v) is 4.80. The summed E-state index contributed by atoms with van der Waals surface area (Å²) in [6, 6.07) is 13.6. The quantitative estimate of drug-likeness (QED) is 0.372. The maximum atomic E-state index is 12.3. The van der Waals surface area contributed by atoms with Gasteiger partial charge in [0.15, 0.2) is 5.11 Å². The van der Waals surface area contributed by atoms with Crippen molar-refractivity contribution in [2.45, 2.75) is 4.90 Å². The number of rotatable bonds is 3. The minimum absolute atomic E-state index is 0.274. The molecule has 1 amide bonds. The number of amides is 1. The molecule has 25 heavy (non-hydrogen) atoms. The molecule has 5 nitrogen and oxygen atoms in total. The lowest BCUT2D eigenvalue weighted by molar-refractivity contribution is 0.0944. The Morgan fingerprint density at radius 1 is 1.12 bits per heavy atom. The monoisotopic (exact) mass is 371 g/mol. The van der Waals surface area contributed by atoms with Crippen molar-refractivity contribution in [1.82, 2.24) is 16.2 Å². The van der Waals surface area contributed by atoms with E-state index in [1.54, 1.807) is 37.2 Å². The van der Waals surface area contributed by atoms with Crippen LogP contribution in [-0.4, -0.2) is 24.3 Å². The minimum Gasteiger partial charge on any atom is -0.464 e. The molecule has 3 N–H and O–H groups in total. The fourth-order valence-corrected chi connectivity index (χ4v) is 2.87. The molecule has 0 fully saturated rings. The summed E-state index contributed by atoms with van der Waals surface area (Å²) in [5.74, 6) is -0.274. The number of nitrogens with one attached hydrogen (secondary N) is 3. The zero-order chi connectivity index (χ0) is 17.8. The molecule has 0 radical (unpaired) electrons. The van der Waals surface area contributed by atoms with Crippen LogP contribution in [0.4, 0.5) is 0 Å². The predicted octanol–water partition coefficient (Wildman–Crippen LogP) is 3.56. The average Bonchev–Trinajstić information content (AvgIpc) is 3.09. The van der Waals surface area contributed by atoms with Crippen molar-refractivity contribution in [2.24, 2.45) is 0 Å². The third kappa shape index (κ3) is 3.78. The third-order valence-electron chi connectivity index (χ3n) is 3.75. The number of furan rings is 1. The van der Waals surface area contributed by atoms with Crippen LogP contribution in [-0.2, 0) is 0 Å². The predicted molar refractivity (Wildman–Crippen MR) is 106 cm³/mol. The minimum atomic E-state index is -0.274. The van der Waals surface area contributed by atoms with Gasteiger partial charge in [0.25, 0.3) is 5.91 Å². The van der Waals surface area contributed by atoms with Gasteiger partial charge in [0.1, 0.15) is 5.58 Å². The van der Waals surface area contributed by atoms with Crippen LogP contribution < -0.4 is 16.2 Å². The zero-order valence-electron chi connectivity index (χ0n) is 13.8. The molecule has 128 valence electrons. The number of carbonyl (C=O) groups is 1.